The zero-order valence-electron chi connectivity index (χ0n) is 15.4. The van der Waals surface area contributed by atoms with Gasteiger partial charge in [0.05, 0.1) is 30.1 Å². The molecule has 0 aromatic heterocycles. The van der Waals surface area contributed by atoms with Crippen molar-refractivity contribution in [3.8, 4) is 0 Å². The fraction of sp³-hybridized carbons (Fsp3) is 0.562. The molecule has 11 heteroatoms. The molecule has 10 nitrogen and oxygen atoms in total. The molecule has 1 saturated heterocycles. The molecule has 2 rings (SSSR count). The minimum atomic E-state index is -3.80. The SMILES string of the molecule is Cc1ccc([N+](=O)[O-])cc1N(CC(=O)NCCN1CCOCC1)S(C)(=O)=O. The summed E-state index contributed by atoms with van der Waals surface area (Å²) in [5.41, 5.74) is 0.402. The van der Waals surface area contributed by atoms with Crippen LogP contribution in [0, 0.1) is 17.0 Å². The molecule has 0 saturated carbocycles. The lowest BCUT2D eigenvalue weighted by Gasteiger charge is -2.27. The first-order chi connectivity index (χ1) is 12.7. The van der Waals surface area contributed by atoms with E-state index < -0.39 is 27.4 Å². The van der Waals surface area contributed by atoms with Crippen LogP contribution in [0.1, 0.15) is 5.56 Å². The van der Waals surface area contributed by atoms with Crippen LogP contribution in [-0.4, -0.2) is 76.3 Å². The summed E-state index contributed by atoms with van der Waals surface area (Å²) in [5.74, 6) is -0.473. The molecule has 1 aliphatic rings. The summed E-state index contributed by atoms with van der Waals surface area (Å²) in [6.07, 6.45) is 0.965. The highest BCUT2D eigenvalue weighted by molar-refractivity contribution is 7.92. The van der Waals surface area contributed by atoms with Crippen LogP contribution in [-0.2, 0) is 19.6 Å². The zero-order chi connectivity index (χ0) is 20.0. The number of aryl methyl sites for hydroxylation is 1. The number of carbonyl (C=O) groups is 1. The number of nitro benzene ring substituents is 1. The molecule has 27 heavy (non-hydrogen) atoms. The van der Waals surface area contributed by atoms with Crippen molar-refractivity contribution in [2.75, 3.05) is 56.5 Å². The van der Waals surface area contributed by atoms with Gasteiger partial charge in [0.15, 0.2) is 0 Å². The average Bonchev–Trinajstić information content (AvgIpc) is 2.60. The van der Waals surface area contributed by atoms with Gasteiger partial charge in [-0.25, -0.2) is 8.42 Å². The first-order valence-corrected chi connectivity index (χ1v) is 10.3. The first kappa shape index (κ1) is 21.1. The Bertz CT molecular complexity index is 792. The smallest absolute Gasteiger partial charge is 0.271 e. The number of non-ortho nitro benzene ring substituents is 1. The molecule has 1 N–H and O–H groups in total. The monoisotopic (exact) mass is 400 g/mol. The van der Waals surface area contributed by atoms with E-state index in [1.165, 1.54) is 12.1 Å². The maximum Gasteiger partial charge on any atom is 0.271 e. The van der Waals surface area contributed by atoms with E-state index in [1.807, 2.05) is 0 Å². The van der Waals surface area contributed by atoms with Gasteiger partial charge >= 0.3 is 0 Å². The third-order valence-electron chi connectivity index (χ3n) is 4.21. The third-order valence-corrected chi connectivity index (χ3v) is 5.34. The molecule has 0 atom stereocenters. The zero-order valence-corrected chi connectivity index (χ0v) is 16.2. The van der Waals surface area contributed by atoms with Gasteiger partial charge in [-0.15, -0.1) is 0 Å². The second-order valence-corrected chi connectivity index (χ2v) is 8.21. The number of rotatable bonds is 8. The predicted molar refractivity (Wildman–Crippen MR) is 100 cm³/mol. The lowest BCUT2D eigenvalue weighted by molar-refractivity contribution is -0.384. The van der Waals surface area contributed by atoms with E-state index in [9.17, 15) is 23.3 Å². The molecule has 1 aliphatic heterocycles. The Morgan fingerprint density at radius 1 is 1.37 bits per heavy atom. The number of hydrogen-bond acceptors (Lipinski definition) is 7. The molecule has 1 aromatic carbocycles. The third kappa shape index (κ3) is 6.15. The van der Waals surface area contributed by atoms with Crippen molar-refractivity contribution in [3.05, 3.63) is 33.9 Å². The lowest BCUT2D eigenvalue weighted by atomic mass is 10.2. The van der Waals surface area contributed by atoms with Gasteiger partial charge in [-0.05, 0) is 12.5 Å². The number of carbonyl (C=O) groups excluding carboxylic acids is 1. The van der Waals surface area contributed by atoms with E-state index >= 15 is 0 Å². The number of nitro groups is 1. The Kier molecular flexibility index (Phi) is 7.11. The fourth-order valence-electron chi connectivity index (χ4n) is 2.73. The summed E-state index contributed by atoms with van der Waals surface area (Å²) in [5, 5.41) is 13.7. The molecule has 0 bridgehead atoms. The molecule has 1 aromatic rings. The highest BCUT2D eigenvalue weighted by atomic mass is 32.2. The van der Waals surface area contributed by atoms with E-state index in [-0.39, 0.29) is 11.4 Å². The number of ether oxygens (including phenoxy) is 1. The number of anilines is 1. The van der Waals surface area contributed by atoms with Crippen LogP contribution in [0.4, 0.5) is 11.4 Å². The molecule has 0 spiro atoms. The topological polar surface area (TPSA) is 122 Å². The van der Waals surface area contributed by atoms with Crippen molar-refractivity contribution in [3.63, 3.8) is 0 Å². The quantitative estimate of drug-likeness (QED) is 0.486. The van der Waals surface area contributed by atoms with Gasteiger partial charge in [0, 0.05) is 38.3 Å². The molecule has 0 radical (unpaired) electrons. The lowest BCUT2D eigenvalue weighted by Crippen LogP contribution is -2.44. The normalized spacial score (nSPS) is 15.3. The Balaban J connectivity index is 2.05. The second-order valence-electron chi connectivity index (χ2n) is 6.30. The van der Waals surface area contributed by atoms with Crippen molar-refractivity contribution in [1.29, 1.82) is 0 Å². The van der Waals surface area contributed by atoms with E-state index in [0.717, 1.165) is 29.7 Å². The number of morpholine rings is 1. The van der Waals surface area contributed by atoms with Crippen LogP contribution in [0.3, 0.4) is 0 Å². The van der Waals surface area contributed by atoms with Gasteiger partial charge in [-0.3, -0.25) is 24.1 Å². The fourth-order valence-corrected chi connectivity index (χ4v) is 3.63. The Morgan fingerprint density at radius 3 is 2.63 bits per heavy atom. The molecule has 1 heterocycles. The number of sulfonamides is 1. The minimum Gasteiger partial charge on any atom is -0.379 e. The Morgan fingerprint density at radius 2 is 2.04 bits per heavy atom. The van der Waals surface area contributed by atoms with Gasteiger partial charge < -0.3 is 10.1 Å². The molecule has 150 valence electrons. The Hall–Kier alpha value is -2.24. The van der Waals surface area contributed by atoms with Crippen LogP contribution < -0.4 is 9.62 Å². The van der Waals surface area contributed by atoms with E-state index in [2.05, 4.69) is 10.2 Å². The van der Waals surface area contributed by atoms with E-state index in [1.54, 1.807) is 6.92 Å². The average molecular weight is 400 g/mol. The number of benzene rings is 1. The van der Waals surface area contributed by atoms with Crippen molar-refractivity contribution in [2.45, 2.75) is 6.92 Å². The maximum atomic E-state index is 12.3. The van der Waals surface area contributed by atoms with Crippen LogP contribution in [0.2, 0.25) is 0 Å². The van der Waals surface area contributed by atoms with Crippen molar-refractivity contribution < 1.29 is 22.9 Å². The Labute approximate surface area is 158 Å². The van der Waals surface area contributed by atoms with Crippen LogP contribution >= 0.6 is 0 Å². The van der Waals surface area contributed by atoms with Gasteiger partial charge in [-0.1, -0.05) is 6.07 Å². The summed E-state index contributed by atoms with van der Waals surface area (Å²) in [7, 11) is -3.80. The summed E-state index contributed by atoms with van der Waals surface area (Å²) >= 11 is 0. The predicted octanol–water partition coefficient (Wildman–Crippen LogP) is 0.118. The largest absolute Gasteiger partial charge is 0.379 e. The summed E-state index contributed by atoms with van der Waals surface area (Å²) in [4.78, 5) is 24.8. The number of hydrogen-bond donors (Lipinski definition) is 1. The minimum absolute atomic E-state index is 0.120. The molecule has 0 unspecified atom stereocenters. The highest BCUT2D eigenvalue weighted by Gasteiger charge is 2.24. The number of nitrogens with one attached hydrogen (secondary N) is 1. The molecule has 1 amide bonds. The number of amides is 1. The van der Waals surface area contributed by atoms with Gasteiger partial charge in [0.1, 0.15) is 6.54 Å². The highest BCUT2D eigenvalue weighted by Crippen LogP contribution is 2.27. The van der Waals surface area contributed by atoms with Crippen LogP contribution in [0.5, 0.6) is 0 Å². The summed E-state index contributed by atoms with van der Waals surface area (Å²) < 4.78 is 30.5. The number of nitrogens with zero attached hydrogens (tertiary/aromatic N) is 3. The van der Waals surface area contributed by atoms with Crippen molar-refractivity contribution in [1.82, 2.24) is 10.2 Å². The molecular weight excluding hydrogens is 376 g/mol. The van der Waals surface area contributed by atoms with Crippen molar-refractivity contribution >= 4 is 27.3 Å². The maximum absolute atomic E-state index is 12.3. The summed E-state index contributed by atoms with van der Waals surface area (Å²) in [6, 6.07) is 3.92. The van der Waals surface area contributed by atoms with E-state index in [4.69, 9.17) is 4.74 Å². The summed E-state index contributed by atoms with van der Waals surface area (Å²) in [6.45, 7) is 5.10. The van der Waals surface area contributed by atoms with Crippen LogP contribution in [0.25, 0.3) is 0 Å². The van der Waals surface area contributed by atoms with Gasteiger partial charge in [0.2, 0.25) is 15.9 Å². The standard InChI is InChI=1S/C16H24N4O6S/c1-13-3-4-14(20(22)23)11-15(13)19(27(2,24)25)12-16(21)17-5-6-18-7-9-26-10-8-18/h3-4,11H,5-10,12H2,1-2H3,(H,17,21). The van der Waals surface area contributed by atoms with Gasteiger partial charge in [0.25, 0.3) is 5.69 Å². The van der Waals surface area contributed by atoms with E-state index in [0.29, 0.717) is 31.9 Å². The second kappa shape index (κ2) is 9.11. The van der Waals surface area contributed by atoms with Crippen molar-refractivity contribution in [2.24, 2.45) is 0 Å². The van der Waals surface area contributed by atoms with Gasteiger partial charge in [-0.2, -0.15) is 0 Å². The molecular formula is C16H24N4O6S. The molecule has 1 fully saturated rings. The first-order valence-electron chi connectivity index (χ1n) is 8.48. The molecule has 0 aliphatic carbocycles. The van der Waals surface area contributed by atoms with Crippen LogP contribution in [0.15, 0.2) is 18.2 Å².